The van der Waals surface area contributed by atoms with Gasteiger partial charge in [-0.15, -0.1) is 0 Å². The maximum absolute atomic E-state index is 13.6. The van der Waals surface area contributed by atoms with E-state index in [0.29, 0.717) is 5.56 Å². The Morgan fingerprint density at radius 1 is 1.00 bits per heavy atom. The lowest BCUT2D eigenvalue weighted by Crippen LogP contribution is -2.13. The molecule has 0 atom stereocenters. The fourth-order valence-electron chi connectivity index (χ4n) is 1.94. The summed E-state index contributed by atoms with van der Waals surface area (Å²) in [7, 11) is 0. The summed E-state index contributed by atoms with van der Waals surface area (Å²) in [4.78, 5) is 0. The molecule has 0 fully saturated rings. The van der Waals surface area contributed by atoms with Crippen LogP contribution in [0.25, 0.3) is 11.1 Å². The number of rotatable bonds is 5. The predicted molar refractivity (Wildman–Crippen MR) is 73.8 cm³/mol. The van der Waals surface area contributed by atoms with E-state index in [9.17, 15) is 8.78 Å². The first-order valence-electron chi connectivity index (χ1n) is 6.46. The highest BCUT2D eigenvalue weighted by molar-refractivity contribution is 5.64. The average Bonchev–Trinajstić information content (AvgIpc) is 2.40. The van der Waals surface area contributed by atoms with Gasteiger partial charge < -0.3 is 5.32 Å². The molecule has 0 unspecified atom stereocenters. The molecular weight excluding hydrogens is 244 g/mol. The number of halogens is 2. The normalized spacial score (nSPS) is 10.7. The molecule has 0 radical (unpaired) electrons. The number of hydrogen-bond acceptors (Lipinski definition) is 1. The van der Waals surface area contributed by atoms with Gasteiger partial charge in [-0.2, -0.15) is 0 Å². The zero-order valence-electron chi connectivity index (χ0n) is 10.9. The molecule has 0 spiro atoms. The van der Waals surface area contributed by atoms with Crippen LogP contribution in [0.1, 0.15) is 18.9 Å². The van der Waals surface area contributed by atoms with Crippen LogP contribution in [-0.4, -0.2) is 6.54 Å². The minimum Gasteiger partial charge on any atom is -0.313 e. The van der Waals surface area contributed by atoms with Gasteiger partial charge in [0.25, 0.3) is 0 Å². The Kier molecular flexibility index (Phi) is 4.63. The van der Waals surface area contributed by atoms with Crippen LogP contribution in [0.2, 0.25) is 0 Å². The van der Waals surface area contributed by atoms with E-state index < -0.39 is 11.6 Å². The van der Waals surface area contributed by atoms with Crippen LogP contribution in [-0.2, 0) is 6.54 Å². The first-order chi connectivity index (χ1) is 9.20. The van der Waals surface area contributed by atoms with Crippen molar-refractivity contribution >= 4 is 0 Å². The Morgan fingerprint density at radius 2 is 1.74 bits per heavy atom. The second-order valence-corrected chi connectivity index (χ2v) is 4.50. The molecule has 0 amide bonds. The Labute approximate surface area is 112 Å². The third-order valence-corrected chi connectivity index (χ3v) is 2.95. The van der Waals surface area contributed by atoms with Gasteiger partial charge >= 0.3 is 0 Å². The maximum Gasteiger partial charge on any atom is 0.133 e. The zero-order valence-corrected chi connectivity index (χ0v) is 10.9. The van der Waals surface area contributed by atoms with Gasteiger partial charge in [-0.25, -0.2) is 8.78 Å². The summed E-state index contributed by atoms with van der Waals surface area (Å²) in [6.45, 7) is 3.90. The Bertz CT molecular complexity index is 535. The standard InChI is InChI=1S/C16H17F2N/c1-2-9-19-11-12-3-5-13(6-4-12)15-8-7-14(17)10-16(15)18/h3-8,10,19H,2,9,11H2,1H3. The molecule has 0 heterocycles. The van der Waals surface area contributed by atoms with E-state index in [1.165, 1.54) is 12.1 Å². The molecule has 2 aromatic rings. The summed E-state index contributed by atoms with van der Waals surface area (Å²) >= 11 is 0. The summed E-state index contributed by atoms with van der Waals surface area (Å²) in [6, 6.07) is 11.3. The minimum atomic E-state index is -0.554. The van der Waals surface area contributed by atoms with Crippen molar-refractivity contribution < 1.29 is 8.78 Å². The van der Waals surface area contributed by atoms with Crippen molar-refractivity contribution in [3.63, 3.8) is 0 Å². The van der Waals surface area contributed by atoms with E-state index >= 15 is 0 Å². The fraction of sp³-hybridized carbons (Fsp3) is 0.250. The zero-order chi connectivity index (χ0) is 13.7. The van der Waals surface area contributed by atoms with Crippen molar-refractivity contribution in [1.82, 2.24) is 5.32 Å². The minimum absolute atomic E-state index is 0.425. The van der Waals surface area contributed by atoms with E-state index in [4.69, 9.17) is 0 Å². The highest BCUT2D eigenvalue weighted by atomic mass is 19.1. The van der Waals surface area contributed by atoms with Crippen LogP contribution in [0.5, 0.6) is 0 Å². The summed E-state index contributed by atoms with van der Waals surface area (Å²) < 4.78 is 26.5. The summed E-state index contributed by atoms with van der Waals surface area (Å²) in [6.07, 6.45) is 1.10. The first kappa shape index (κ1) is 13.7. The molecule has 0 saturated heterocycles. The van der Waals surface area contributed by atoms with Crippen LogP contribution in [0, 0.1) is 11.6 Å². The molecule has 0 saturated carbocycles. The van der Waals surface area contributed by atoms with Crippen molar-refractivity contribution in [2.45, 2.75) is 19.9 Å². The molecule has 100 valence electrons. The summed E-state index contributed by atoms with van der Waals surface area (Å²) in [5.74, 6) is -1.08. The smallest absolute Gasteiger partial charge is 0.133 e. The molecule has 0 aliphatic carbocycles. The molecule has 0 aromatic heterocycles. The third kappa shape index (κ3) is 3.61. The highest BCUT2D eigenvalue weighted by Crippen LogP contribution is 2.23. The van der Waals surface area contributed by atoms with E-state index in [1.807, 2.05) is 24.3 Å². The largest absolute Gasteiger partial charge is 0.313 e. The Balaban J connectivity index is 2.13. The van der Waals surface area contributed by atoms with Crippen LogP contribution < -0.4 is 5.32 Å². The van der Waals surface area contributed by atoms with E-state index in [0.717, 1.165) is 36.7 Å². The van der Waals surface area contributed by atoms with Crippen molar-refractivity contribution in [2.75, 3.05) is 6.54 Å². The quantitative estimate of drug-likeness (QED) is 0.798. The Morgan fingerprint density at radius 3 is 2.37 bits per heavy atom. The molecule has 1 N–H and O–H groups in total. The Hall–Kier alpha value is -1.74. The van der Waals surface area contributed by atoms with E-state index in [1.54, 1.807) is 0 Å². The van der Waals surface area contributed by atoms with Gasteiger partial charge in [-0.3, -0.25) is 0 Å². The summed E-state index contributed by atoms with van der Waals surface area (Å²) in [5.41, 5.74) is 2.34. The summed E-state index contributed by atoms with van der Waals surface area (Å²) in [5, 5.41) is 3.31. The number of hydrogen-bond donors (Lipinski definition) is 1. The van der Waals surface area contributed by atoms with E-state index in [2.05, 4.69) is 12.2 Å². The second kappa shape index (κ2) is 6.43. The molecule has 3 heteroatoms. The van der Waals surface area contributed by atoms with Gasteiger partial charge in [-0.1, -0.05) is 31.2 Å². The van der Waals surface area contributed by atoms with Crippen LogP contribution in [0.15, 0.2) is 42.5 Å². The van der Waals surface area contributed by atoms with Crippen molar-refractivity contribution in [3.05, 3.63) is 59.7 Å². The molecule has 0 aliphatic heterocycles. The van der Waals surface area contributed by atoms with Crippen LogP contribution >= 0.6 is 0 Å². The molecule has 1 nitrogen and oxygen atoms in total. The predicted octanol–water partition coefficient (Wildman–Crippen LogP) is 4.13. The lowest BCUT2D eigenvalue weighted by atomic mass is 10.0. The second-order valence-electron chi connectivity index (χ2n) is 4.50. The maximum atomic E-state index is 13.6. The molecule has 19 heavy (non-hydrogen) atoms. The van der Waals surface area contributed by atoms with Crippen molar-refractivity contribution in [3.8, 4) is 11.1 Å². The monoisotopic (exact) mass is 261 g/mol. The van der Waals surface area contributed by atoms with Gasteiger partial charge in [0.05, 0.1) is 0 Å². The fourth-order valence-corrected chi connectivity index (χ4v) is 1.94. The lowest BCUT2D eigenvalue weighted by molar-refractivity contribution is 0.585. The third-order valence-electron chi connectivity index (χ3n) is 2.95. The van der Waals surface area contributed by atoms with Gasteiger partial charge in [-0.05, 0) is 36.2 Å². The van der Waals surface area contributed by atoms with Gasteiger partial charge in [0.15, 0.2) is 0 Å². The van der Waals surface area contributed by atoms with Gasteiger partial charge in [0.1, 0.15) is 11.6 Å². The highest BCUT2D eigenvalue weighted by Gasteiger charge is 2.06. The molecular formula is C16H17F2N. The topological polar surface area (TPSA) is 12.0 Å². The van der Waals surface area contributed by atoms with Crippen LogP contribution in [0.3, 0.4) is 0 Å². The molecule has 2 aromatic carbocycles. The SMILES string of the molecule is CCCNCc1ccc(-c2ccc(F)cc2F)cc1. The van der Waals surface area contributed by atoms with Gasteiger partial charge in [0.2, 0.25) is 0 Å². The lowest BCUT2D eigenvalue weighted by Gasteiger charge is -2.06. The van der Waals surface area contributed by atoms with Crippen molar-refractivity contribution in [1.29, 1.82) is 0 Å². The number of benzene rings is 2. The van der Waals surface area contributed by atoms with Crippen LogP contribution in [0.4, 0.5) is 8.78 Å². The van der Waals surface area contributed by atoms with Crippen molar-refractivity contribution in [2.24, 2.45) is 0 Å². The first-order valence-corrected chi connectivity index (χ1v) is 6.46. The van der Waals surface area contributed by atoms with E-state index in [-0.39, 0.29) is 0 Å². The molecule has 0 aliphatic rings. The number of nitrogens with one attached hydrogen (secondary N) is 1. The molecule has 2 rings (SSSR count). The average molecular weight is 261 g/mol. The molecule has 0 bridgehead atoms. The van der Waals surface area contributed by atoms with Gasteiger partial charge in [0, 0.05) is 18.2 Å².